The predicted molar refractivity (Wildman–Crippen MR) is 116 cm³/mol. The lowest BCUT2D eigenvalue weighted by atomic mass is 10.0. The number of anilines is 1. The Morgan fingerprint density at radius 2 is 2.04 bits per heavy atom. The second kappa shape index (κ2) is 8.17. The molecule has 1 aromatic heterocycles. The number of amides is 1. The molecule has 0 saturated heterocycles. The van der Waals surface area contributed by atoms with Crippen LogP contribution in [0.4, 0.5) is 5.69 Å². The van der Waals surface area contributed by atoms with Crippen molar-refractivity contribution < 1.29 is 4.79 Å². The van der Waals surface area contributed by atoms with Crippen LogP contribution in [-0.2, 0) is 13.0 Å². The summed E-state index contributed by atoms with van der Waals surface area (Å²) < 4.78 is 0. The minimum Gasteiger partial charge on any atom is -0.399 e. The number of nitrogens with zero attached hydrogens (tertiary/aromatic N) is 1. The van der Waals surface area contributed by atoms with Crippen molar-refractivity contribution in [1.82, 2.24) is 10.2 Å². The van der Waals surface area contributed by atoms with Crippen LogP contribution in [0.3, 0.4) is 0 Å². The van der Waals surface area contributed by atoms with Crippen molar-refractivity contribution in [3.05, 3.63) is 87.1 Å². The van der Waals surface area contributed by atoms with Gasteiger partial charge in [0.25, 0.3) is 5.91 Å². The molecule has 1 unspecified atom stereocenters. The molecule has 1 amide bonds. The van der Waals surface area contributed by atoms with Crippen molar-refractivity contribution in [3.8, 4) is 0 Å². The molecular formula is C23H25N3OS. The van der Waals surface area contributed by atoms with Gasteiger partial charge in [0.05, 0.1) is 6.04 Å². The fourth-order valence-corrected chi connectivity index (χ4v) is 4.73. The monoisotopic (exact) mass is 391 g/mol. The van der Waals surface area contributed by atoms with Crippen LogP contribution in [0.5, 0.6) is 0 Å². The zero-order valence-electron chi connectivity index (χ0n) is 16.0. The Morgan fingerprint density at radius 3 is 2.86 bits per heavy atom. The number of aryl methyl sites for hydroxylation is 1. The van der Waals surface area contributed by atoms with E-state index in [1.807, 2.05) is 36.5 Å². The quantitative estimate of drug-likeness (QED) is 0.642. The molecule has 0 fully saturated rings. The summed E-state index contributed by atoms with van der Waals surface area (Å²) >= 11 is 1.85. The number of rotatable bonds is 5. The van der Waals surface area contributed by atoms with Gasteiger partial charge < -0.3 is 11.1 Å². The van der Waals surface area contributed by atoms with E-state index in [0.717, 1.165) is 25.1 Å². The highest BCUT2D eigenvalue weighted by Crippen LogP contribution is 2.30. The standard InChI is InChI=1S/C23H25N3OS/c1-16-7-8-19(24)13-20(16)23(27)25-14-21(17-5-3-2-4-6-17)26-11-9-22-18(15-26)10-12-28-22/h2-8,10,12-13,21H,9,11,14-15,24H2,1H3,(H,25,27). The average Bonchev–Trinajstić information content (AvgIpc) is 3.18. The molecule has 5 heteroatoms. The first kappa shape index (κ1) is 18.7. The molecule has 0 radical (unpaired) electrons. The minimum atomic E-state index is -0.0704. The van der Waals surface area contributed by atoms with Gasteiger partial charge in [0.15, 0.2) is 0 Å². The van der Waals surface area contributed by atoms with Crippen LogP contribution in [0.2, 0.25) is 0 Å². The highest BCUT2D eigenvalue weighted by molar-refractivity contribution is 7.10. The Labute approximate surface area is 170 Å². The Hall–Kier alpha value is -2.63. The Balaban J connectivity index is 1.53. The number of nitrogens with one attached hydrogen (secondary N) is 1. The Bertz CT molecular complexity index is 967. The molecule has 144 valence electrons. The maximum Gasteiger partial charge on any atom is 0.251 e. The van der Waals surface area contributed by atoms with Gasteiger partial charge in [0.1, 0.15) is 0 Å². The average molecular weight is 392 g/mol. The normalized spacial score (nSPS) is 15.0. The van der Waals surface area contributed by atoms with E-state index in [9.17, 15) is 4.79 Å². The summed E-state index contributed by atoms with van der Waals surface area (Å²) in [6.45, 7) is 4.42. The number of carbonyl (C=O) groups excluding carboxylic acids is 1. The summed E-state index contributed by atoms with van der Waals surface area (Å²) in [4.78, 5) is 16.8. The molecule has 1 atom stereocenters. The van der Waals surface area contributed by atoms with Crippen LogP contribution >= 0.6 is 11.3 Å². The van der Waals surface area contributed by atoms with E-state index in [4.69, 9.17) is 5.73 Å². The third-order valence-corrected chi connectivity index (χ3v) is 6.45. The molecular weight excluding hydrogens is 366 g/mol. The molecule has 1 aliphatic rings. The van der Waals surface area contributed by atoms with Crippen LogP contribution in [0.25, 0.3) is 0 Å². The van der Waals surface area contributed by atoms with E-state index in [1.165, 1.54) is 16.0 Å². The molecule has 2 heterocycles. The Morgan fingerprint density at radius 1 is 1.21 bits per heavy atom. The summed E-state index contributed by atoms with van der Waals surface area (Å²) in [5, 5.41) is 5.32. The third kappa shape index (κ3) is 3.96. The van der Waals surface area contributed by atoms with E-state index < -0.39 is 0 Å². The summed E-state index contributed by atoms with van der Waals surface area (Å²) in [7, 11) is 0. The molecule has 0 aliphatic carbocycles. The molecule has 0 saturated carbocycles. The van der Waals surface area contributed by atoms with Gasteiger partial charge in [-0.25, -0.2) is 0 Å². The minimum absolute atomic E-state index is 0.0704. The Kier molecular flexibility index (Phi) is 5.46. The lowest BCUT2D eigenvalue weighted by Gasteiger charge is -2.35. The zero-order chi connectivity index (χ0) is 19.5. The SMILES string of the molecule is Cc1ccc(N)cc1C(=O)NCC(c1ccccc1)N1CCc2sccc2C1. The number of carbonyl (C=O) groups is 1. The van der Waals surface area contributed by atoms with Crippen LogP contribution in [-0.4, -0.2) is 23.9 Å². The predicted octanol–water partition coefficient (Wildman–Crippen LogP) is 4.17. The van der Waals surface area contributed by atoms with Crippen molar-refractivity contribution in [1.29, 1.82) is 0 Å². The van der Waals surface area contributed by atoms with Gasteiger partial charge >= 0.3 is 0 Å². The zero-order valence-corrected chi connectivity index (χ0v) is 16.8. The largest absolute Gasteiger partial charge is 0.399 e. The fraction of sp³-hybridized carbons (Fsp3) is 0.261. The lowest BCUT2D eigenvalue weighted by molar-refractivity contribution is 0.0927. The van der Waals surface area contributed by atoms with E-state index in [0.29, 0.717) is 17.8 Å². The number of hydrogen-bond acceptors (Lipinski definition) is 4. The lowest BCUT2D eigenvalue weighted by Crippen LogP contribution is -2.40. The number of thiophene rings is 1. The molecule has 28 heavy (non-hydrogen) atoms. The number of nitrogen functional groups attached to an aromatic ring is 1. The van der Waals surface area contributed by atoms with E-state index in [-0.39, 0.29) is 11.9 Å². The molecule has 4 nitrogen and oxygen atoms in total. The smallest absolute Gasteiger partial charge is 0.251 e. The summed E-state index contributed by atoms with van der Waals surface area (Å²) in [5.41, 5.74) is 10.7. The fourth-order valence-electron chi connectivity index (χ4n) is 3.84. The molecule has 3 aromatic rings. The maximum atomic E-state index is 12.8. The van der Waals surface area contributed by atoms with Crippen LogP contribution in [0, 0.1) is 6.92 Å². The van der Waals surface area contributed by atoms with Crippen molar-refractivity contribution in [2.45, 2.75) is 25.9 Å². The second-order valence-electron chi connectivity index (χ2n) is 7.30. The summed E-state index contributed by atoms with van der Waals surface area (Å²) in [5.74, 6) is -0.0704. The summed E-state index contributed by atoms with van der Waals surface area (Å²) in [6, 6.07) is 18.3. The van der Waals surface area contributed by atoms with Crippen LogP contribution in [0.1, 0.15) is 38.0 Å². The second-order valence-corrected chi connectivity index (χ2v) is 8.30. The first-order valence-corrected chi connectivity index (χ1v) is 10.5. The number of nitrogens with two attached hydrogens (primary N) is 1. The highest BCUT2D eigenvalue weighted by Gasteiger charge is 2.26. The molecule has 4 rings (SSSR count). The molecule has 1 aliphatic heterocycles. The number of fused-ring (bicyclic) bond motifs is 1. The van der Waals surface area contributed by atoms with Crippen molar-refractivity contribution >= 4 is 22.9 Å². The van der Waals surface area contributed by atoms with Gasteiger partial charge in [0, 0.05) is 35.8 Å². The van der Waals surface area contributed by atoms with Crippen LogP contribution < -0.4 is 11.1 Å². The summed E-state index contributed by atoms with van der Waals surface area (Å²) in [6.07, 6.45) is 1.07. The van der Waals surface area contributed by atoms with Gasteiger partial charge in [-0.05, 0) is 53.6 Å². The van der Waals surface area contributed by atoms with E-state index in [2.05, 4.69) is 45.9 Å². The van der Waals surface area contributed by atoms with Gasteiger partial charge in [-0.15, -0.1) is 11.3 Å². The molecule has 0 bridgehead atoms. The number of benzene rings is 2. The van der Waals surface area contributed by atoms with Gasteiger partial charge in [-0.2, -0.15) is 0 Å². The molecule has 3 N–H and O–H groups in total. The van der Waals surface area contributed by atoms with Crippen LogP contribution in [0.15, 0.2) is 60.0 Å². The molecule has 2 aromatic carbocycles. The first-order valence-electron chi connectivity index (χ1n) is 9.60. The van der Waals surface area contributed by atoms with Gasteiger partial charge in [-0.3, -0.25) is 9.69 Å². The molecule has 0 spiro atoms. The van der Waals surface area contributed by atoms with Gasteiger partial charge in [-0.1, -0.05) is 36.4 Å². The number of hydrogen-bond donors (Lipinski definition) is 2. The van der Waals surface area contributed by atoms with E-state index in [1.54, 1.807) is 6.07 Å². The van der Waals surface area contributed by atoms with Gasteiger partial charge in [0.2, 0.25) is 0 Å². The topological polar surface area (TPSA) is 58.4 Å². The van der Waals surface area contributed by atoms with Crippen molar-refractivity contribution in [2.24, 2.45) is 0 Å². The highest BCUT2D eigenvalue weighted by atomic mass is 32.1. The van der Waals surface area contributed by atoms with E-state index >= 15 is 0 Å². The first-order chi connectivity index (χ1) is 13.6. The van der Waals surface area contributed by atoms with Crippen molar-refractivity contribution in [3.63, 3.8) is 0 Å². The third-order valence-electron chi connectivity index (χ3n) is 5.42. The van der Waals surface area contributed by atoms with Crippen molar-refractivity contribution in [2.75, 3.05) is 18.8 Å². The maximum absolute atomic E-state index is 12.8.